The van der Waals surface area contributed by atoms with Crippen molar-refractivity contribution in [3.05, 3.63) is 30.1 Å². The summed E-state index contributed by atoms with van der Waals surface area (Å²) >= 11 is 0. The molecule has 1 aliphatic rings. The van der Waals surface area contributed by atoms with Crippen LogP contribution in [0.5, 0.6) is 0 Å². The second-order valence-electron chi connectivity index (χ2n) is 4.32. The van der Waals surface area contributed by atoms with E-state index in [0.717, 1.165) is 26.2 Å². The largest absolute Gasteiger partial charge is 1.00 e. The Balaban J connectivity index is 0.00000162. The van der Waals surface area contributed by atoms with Gasteiger partial charge in [0.15, 0.2) is 0 Å². The summed E-state index contributed by atoms with van der Waals surface area (Å²) in [7, 11) is 2.03. The number of carboxylic acids is 1. The first-order valence-electron chi connectivity index (χ1n) is 5.73. The monoisotopic (exact) mass is 273 g/mol. The number of aliphatic carboxylic acids is 1. The van der Waals surface area contributed by atoms with Gasteiger partial charge in [-0.1, -0.05) is 6.07 Å². The van der Waals surface area contributed by atoms with Crippen LogP contribution in [-0.4, -0.2) is 54.0 Å². The summed E-state index contributed by atoms with van der Waals surface area (Å²) in [5.74, 6) is -1.08. The molecular formula is C12H16KN3O2. The molecular weight excluding hydrogens is 257 g/mol. The molecule has 1 aromatic rings. The van der Waals surface area contributed by atoms with E-state index in [1.165, 1.54) is 0 Å². The first-order chi connectivity index (χ1) is 8.18. The van der Waals surface area contributed by atoms with E-state index in [0.29, 0.717) is 5.69 Å². The van der Waals surface area contributed by atoms with Crippen molar-refractivity contribution >= 4 is 5.97 Å². The number of hydrogen-bond donors (Lipinski definition) is 0. The summed E-state index contributed by atoms with van der Waals surface area (Å²) in [6.07, 6.45) is 1.61. The standard InChI is InChI=1S/C12H17N3O2.K/c1-14-6-8-15(9-7-14)11(12(16)17)10-4-2-3-5-13-10;/h2-5,11H,6-9H2,1H3,(H,16,17);/q;+1/p-1. The molecule has 0 bridgehead atoms. The molecule has 0 aliphatic carbocycles. The topological polar surface area (TPSA) is 59.5 Å². The number of carbonyl (C=O) groups is 1. The van der Waals surface area contributed by atoms with Gasteiger partial charge < -0.3 is 14.8 Å². The Morgan fingerprint density at radius 1 is 1.33 bits per heavy atom. The van der Waals surface area contributed by atoms with Crippen molar-refractivity contribution in [2.75, 3.05) is 33.2 Å². The van der Waals surface area contributed by atoms with E-state index >= 15 is 0 Å². The number of likely N-dealkylation sites (N-methyl/N-ethyl adjacent to an activating group) is 1. The minimum atomic E-state index is -1.08. The van der Waals surface area contributed by atoms with Crippen molar-refractivity contribution < 1.29 is 61.3 Å². The SMILES string of the molecule is CN1CCN(C(C(=O)[O-])c2ccccn2)CC1.[K+]. The Hall–Kier alpha value is 0.176. The summed E-state index contributed by atoms with van der Waals surface area (Å²) in [5.41, 5.74) is 0.553. The quantitative estimate of drug-likeness (QED) is 0.527. The Kier molecular flexibility index (Phi) is 6.93. The Labute approximate surface area is 150 Å². The minimum Gasteiger partial charge on any atom is -0.548 e. The Morgan fingerprint density at radius 3 is 2.50 bits per heavy atom. The van der Waals surface area contributed by atoms with Crippen molar-refractivity contribution in [3.8, 4) is 0 Å². The molecule has 0 N–H and O–H groups in total. The molecule has 2 rings (SSSR count). The van der Waals surface area contributed by atoms with Crippen LogP contribution in [0.3, 0.4) is 0 Å². The normalized spacial score (nSPS) is 18.9. The van der Waals surface area contributed by atoms with Crippen LogP contribution in [0.25, 0.3) is 0 Å². The molecule has 0 saturated carbocycles. The molecule has 6 heteroatoms. The van der Waals surface area contributed by atoms with Crippen molar-refractivity contribution in [1.82, 2.24) is 14.8 Å². The number of nitrogens with zero attached hydrogens (tertiary/aromatic N) is 3. The van der Waals surface area contributed by atoms with Gasteiger partial charge >= 0.3 is 51.4 Å². The number of aromatic nitrogens is 1. The summed E-state index contributed by atoms with van der Waals surface area (Å²) < 4.78 is 0. The van der Waals surface area contributed by atoms with E-state index in [2.05, 4.69) is 9.88 Å². The van der Waals surface area contributed by atoms with Gasteiger partial charge in [0.05, 0.1) is 17.7 Å². The molecule has 92 valence electrons. The van der Waals surface area contributed by atoms with Gasteiger partial charge in [0.25, 0.3) is 0 Å². The molecule has 0 aromatic carbocycles. The maximum absolute atomic E-state index is 11.3. The van der Waals surface area contributed by atoms with E-state index in [1.54, 1.807) is 24.4 Å². The van der Waals surface area contributed by atoms with Crippen LogP contribution in [0, 0.1) is 0 Å². The maximum atomic E-state index is 11.3. The van der Waals surface area contributed by atoms with Crippen molar-refractivity contribution in [2.45, 2.75) is 6.04 Å². The molecule has 1 saturated heterocycles. The average molecular weight is 273 g/mol. The van der Waals surface area contributed by atoms with E-state index in [4.69, 9.17) is 0 Å². The second kappa shape index (κ2) is 7.69. The molecule has 0 amide bonds. The fraction of sp³-hybridized carbons (Fsp3) is 0.500. The summed E-state index contributed by atoms with van der Waals surface area (Å²) in [6.45, 7) is 3.20. The third-order valence-corrected chi connectivity index (χ3v) is 3.09. The van der Waals surface area contributed by atoms with Crippen LogP contribution in [0.4, 0.5) is 0 Å². The number of hydrogen-bond acceptors (Lipinski definition) is 5. The second-order valence-corrected chi connectivity index (χ2v) is 4.32. The van der Waals surface area contributed by atoms with Crippen molar-refractivity contribution in [3.63, 3.8) is 0 Å². The van der Waals surface area contributed by atoms with Crippen molar-refractivity contribution in [1.29, 1.82) is 0 Å². The van der Waals surface area contributed by atoms with E-state index in [-0.39, 0.29) is 51.4 Å². The van der Waals surface area contributed by atoms with Gasteiger partial charge in [-0.3, -0.25) is 9.88 Å². The average Bonchev–Trinajstić information content (AvgIpc) is 2.33. The van der Waals surface area contributed by atoms with Crippen LogP contribution in [-0.2, 0) is 4.79 Å². The number of pyridine rings is 1. The van der Waals surface area contributed by atoms with Gasteiger partial charge in [-0.2, -0.15) is 0 Å². The van der Waals surface area contributed by atoms with Gasteiger partial charge in [-0.25, -0.2) is 0 Å². The van der Waals surface area contributed by atoms with Gasteiger partial charge in [0, 0.05) is 32.4 Å². The van der Waals surface area contributed by atoms with Gasteiger partial charge in [-0.05, 0) is 19.2 Å². The van der Waals surface area contributed by atoms with Gasteiger partial charge in [0.1, 0.15) is 0 Å². The van der Waals surface area contributed by atoms with Crippen LogP contribution in [0.1, 0.15) is 11.7 Å². The fourth-order valence-electron chi connectivity index (χ4n) is 2.07. The predicted molar refractivity (Wildman–Crippen MR) is 61.1 cm³/mol. The van der Waals surface area contributed by atoms with Crippen LogP contribution in [0.2, 0.25) is 0 Å². The molecule has 2 heterocycles. The summed E-state index contributed by atoms with van der Waals surface area (Å²) in [5, 5.41) is 11.3. The molecule has 5 nitrogen and oxygen atoms in total. The smallest absolute Gasteiger partial charge is 0.548 e. The molecule has 1 fully saturated rings. The van der Waals surface area contributed by atoms with Crippen LogP contribution >= 0.6 is 0 Å². The number of carbonyl (C=O) groups excluding carboxylic acids is 1. The van der Waals surface area contributed by atoms with E-state index in [9.17, 15) is 9.90 Å². The molecule has 0 spiro atoms. The summed E-state index contributed by atoms with van der Waals surface area (Å²) in [6, 6.07) is 4.58. The zero-order valence-electron chi connectivity index (χ0n) is 10.9. The Bertz CT molecular complexity index is 380. The maximum Gasteiger partial charge on any atom is 1.00 e. The van der Waals surface area contributed by atoms with E-state index in [1.807, 2.05) is 11.9 Å². The minimum absolute atomic E-state index is 0. The molecule has 18 heavy (non-hydrogen) atoms. The zero-order valence-corrected chi connectivity index (χ0v) is 14.0. The van der Waals surface area contributed by atoms with Crippen LogP contribution < -0.4 is 56.5 Å². The first-order valence-corrected chi connectivity index (χ1v) is 5.73. The number of rotatable bonds is 3. The number of piperazine rings is 1. The fourth-order valence-corrected chi connectivity index (χ4v) is 2.07. The van der Waals surface area contributed by atoms with Crippen LogP contribution in [0.15, 0.2) is 24.4 Å². The first kappa shape index (κ1) is 16.2. The van der Waals surface area contributed by atoms with E-state index < -0.39 is 12.0 Å². The Morgan fingerprint density at radius 2 is 2.00 bits per heavy atom. The number of carboxylic acid groups (broad SMARTS) is 1. The third kappa shape index (κ3) is 4.09. The molecule has 1 atom stereocenters. The summed E-state index contributed by atoms with van der Waals surface area (Å²) in [4.78, 5) is 19.5. The predicted octanol–water partition coefficient (Wildman–Crippen LogP) is -3.88. The van der Waals surface area contributed by atoms with Gasteiger partial charge in [-0.15, -0.1) is 0 Å². The van der Waals surface area contributed by atoms with Crippen molar-refractivity contribution in [2.24, 2.45) is 0 Å². The molecule has 1 unspecified atom stereocenters. The zero-order chi connectivity index (χ0) is 12.3. The molecule has 1 aliphatic heterocycles. The molecule has 1 aromatic heterocycles. The molecule has 0 radical (unpaired) electrons. The van der Waals surface area contributed by atoms with Gasteiger partial charge in [0.2, 0.25) is 0 Å². The third-order valence-electron chi connectivity index (χ3n) is 3.09.